The van der Waals surface area contributed by atoms with Crippen LogP contribution in [0.5, 0.6) is 0 Å². The van der Waals surface area contributed by atoms with Gasteiger partial charge < -0.3 is 14.4 Å². The van der Waals surface area contributed by atoms with E-state index >= 15 is 0 Å². The molecule has 0 atom stereocenters. The van der Waals surface area contributed by atoms with Crippen molar-refractivity contribution in [3.05, 3.63) is 29.3 Å². The number of anilines is 1. The molecule has 0 unspecified atom stereocenters. The number of esters is 1. The molecule has 1 aromatic carbocycles. The van der Waals surface area contributed by atoms with Crippen molar-refractivity contribution in [2.45, 2.75) is 6.42 Å². The third-order valence-corrected chi connectivity index (χ3v) is 2.29. The zero-order chi connectivity index (χ0) is 12.1. The van der Waals surface area contributed by atoms with E-state index in [0.717, 1.165) is 17.5 Å². The molecular weight excluding hydrogens is 206 g/mol. The van der Waals surface area contributed by atoms with Gasteiger partial charge in [-0.05, 0) is 23.8 Å². The highest BCUT2D eigenvalue weighted by Gasteiger charge is 2.10. The molecule has 0 heterocycles. The molecule has 1 aromatic rings. The maximum Gasteiger partial charge on any atom is 0.337 e. The minimum Gasteiger partial charge on any atom is -0.465 e. The number of ether oxygens (including phenoxy) is 1. The Kier molecular flexibility index (Phi) is 4.05. The molecule has 0 aromatic heterocycles. The minimum atomic E-state index is -0.391. The molecule has 0 radical (unpaired) electrons. The van der Waals surface area contributed by atoms with E-state index in [4.69, 9.17) is 0 Å². The van der Waals surface area contributed by atoms with Gasteiger partial charge in [-0.1, -0.05) is 0 Å². The highest BCUT2D eigenvalue weighted by Crippen LogP contribution is 2.20. The monoisotopic (exact) mass is 221 g/mol. The first-order valence-electron chi connectivity index (χ1n) is 4.92. The van der Waals surface area contributed by atoms with Gasteiger partial charge in [0.1, 0.15) is 6.29 Å². The Morgan fingerprint density at radius 2 is 2.12 bits per heavy atom. The molecule has 4 heteroatoms. The van der Waals surface area contributed by atoms with Gasteiger partial charge in [-0.2, -0.15) is 0 Å². The molecule has 0 saturated heterocycles. The fourth-order valence-corrected chi connectivity index (χ4v) is 1.52. The first-order valence-corrected chi connectivity index (χ1v) is 4.92. The summed E-state index contributed by atoms with van der Waals surface area (Å²) in [7, 11) is 5.12. The van der Waals surface area contributed by atoms with Crippen LogP contribution in [0.3, 0.4) is 0 Å². The summed E-state index contributed by atoms with van der Waals surface area (Å²) in [4.78, 5) is 23.8. The molecule has 0 aliphatic carbocycles. The standard InChI is InChI=1S/C12H15NO3/c1-13(2)11-5-4-10(12(15)16-3)8-9(11)6-7-14/h4-5,7-8H,6H2,1-3H3. The average molecular weight is 221 g/mol. The van der Waals surface area contributed by atoms with Crippen LogP contribution < -0.4 is 4.90 Å². The van der Waals surface area contributed by atoms with E-state index < -0.39 is 5.97 Å². The van der Waals surface area contributed by atoms with Gasteiger partial charge in [-0.15, -0.1) is 0 Å². The molecule has 0 saturated carbocycles. The molecule has 86 valence electrons. The van der Waals surface area contributed by atoms with Crippen LogP contribution in [0.1, 0.15) is 15.9 Å². The summed E-state index contributed by atoms with van der Waals surface area (Å²) in [5, 5.41) is 0. The van der Waals surface area contributed by atoms with Gasteiger partial charge in [-0.25, -0.2) is 4.79 Å². The molecule has 0 bridgehead atoms. The van der Waals surface area contributed by atoms with E-state index in [2.05, 4.69) is 4.74 Å². The Balaban J connectivity index is 3.16. The normalized spacial score (nSPS) is 9.69. The quantitative estimate of drug-likeness (QED) is 0.567. The van der Waals surface area contributed by atoms with Crippen LogP contribution in [0.25, 0.3) is 0 Å². The molecule has 1 rings (SSSR count). The van der Waals surface area contributed by atoms with Crippen molar-refractivity contribution < 1.29 is 14.3 Å². The number of rotatable bonds is 4. The Labute approximate surface area is 94.8 Å². The molecule has 16 heavy (non-hydrogen) atoms. The van der Waals surface area contributed by atoms with Gasteiger partial charge in [0.2, 0.25) is 0 Å². The van der Waals surface area contributed by atoms with Gasteiger partial charge in [0.05, 0.1) is 12.7 Å². The van der Waals surface area contributed by atoms with E-state index in [1.54, 1.807) is 12.1 Å². The molecule has 0 spiro atoms. The lowest BCUT2D eigenvalue weighted by Crippen LogP contribution is -2.13. The summed E-state index contributed by atoms with van der Waals surface area (Å²) < 4.78 is 4.63. The second-order valence-electron chi connectivity index (χ2n) is 3.60. The van der Waals surface area contributed by atoms with Crippen molar-refractivity contribution in [3.8, 4) is 0 Å². The van der Waals surface area contributed by atoms with Crippen LogP contribution in [0.2, 0.25) is 0 Å². The number of methoxy groups -OCH3 is 1. The van der Waals surface area contributed by atoms with E-state index in [9.17, 15) is 9.59 Å². The number of carbonyl (C=O) groups excluding carboxylic acids is 2. The fourth-order valence-electron chi connectivity index (χ4n) is 1.52. The summed E-state index contributed by atoms with van der Waals surface area (Å²) in [6, 6.07) is 5.19. The number of hydrogen-bond donors (Lipinski definition) is 0. The van der Waals surface area contributed by atoms with Crippen LogP contribution in [0.4, 0.5) is 5.69 Å². The van der Waals surface area contributed by atoms with Gasteiger partial charge >= 0.3 is 5.97 Å². The van der Waals surface area contributed by atoms with Crippen LogP contribution in [-0.2, 0) is 16.0 Å². The molecule has 0 fully saturated rings. The number of carbonyl (C=O) groups is 2. The molecule has 0 aliphatic heterocycles. The van der Waals surface area contributed by atoms with Crippen molar-refractivity contribution >= 4 is 17.9 Å². The first-order chi connectivity index (χ1) is 7.60. The van der Waals surface area contributed by atoms with Crippen molar-refractivity contribution in [1.82, 2.24) is 0 Å². The van der Waals surface area contributed by atoms with Crippen LogP contribution >= 0.6 is 0 Å². The lowest BCUT2D eigenvalue weighted by atomic mass is 10.1. The Morgan fingerprint density at radius 3 is 2.62 bits per heavy atom. The highest BCUT2D eigenvalue weighted by molar-refractivity contribution is 5.90. The molecule has 0 amide bonds. The first kappa shape index (κ1) is 12.2. The highest BCUT2D eigenvalue weighted by atomic mass is 16.5. The van der Waals surface area contributed by atoms with E-state index in [-0.39, 0.29) is 0 Å². The average Bonchev–Trinajstić information content (AvgIpc) is 2.28. The largest absolute Gasteiger partial charge is 0.465 e. The summed E-state index contributed by atoms with van der Waals surface area (Å²) >= 11 is 0. The maximum atomic E-state index is 11.3. The Bertz CT molecular complexity index is 399. The third-order valence-electron chi connectivity index (χ3n) is 2.29. The summed E-state index contributed by atoms with van der Waals surface area (Å²) in [6.07, 6.45) is 1.11. The smallest absolute Gasteiger partial charge is 0.337 e. The Hall–Kier alpha value is -1.84. The van der Waals surface area contributed by atoms with Gasteiger partial charge in [0.15, 0.2) is 0 Å². The second kappa shape index (κ2) is 5.30. The van der Waals surface area contributed by atoms with E-state index in [1.165, 1.54) is 7.11 Å². The number of aldehydes is 1. The lowest BCUT2D eigenvalue weighted by Gasteiger charge is -2.17. The molecule has 4 nitrogen and oxygen atoms in total. The van der Waals surface area contributed by atoms with Crippen LogP contribution in [0.15, 0.2) is 18.2 Å². The molecular formula is C12H15NO3. The summed E-state index contributed by atoms with van der Waals surface area (Å²) in [6.45, 7) is 0. The lowest BCUT2D eigenvalue weighted by molar-refractivity contribution is -0.107. The third kappa shape index (κ3) is 2.59. The minimum absolute atomic E-state index is 0.290. The topological polar surface area (TPSA) is 46.6 Å². The van der Waals surface area contributed by atoms with Gasteiger partial charge in [0, 0.05) is 26.2 Å². The second-order valence-corrected chi connectivity index (χ2v) is 3.60. The summed E-state index contributed by atoms with van der Waals surface area (Å²) in [5.74, 6) is -0.391. The maximum absolute atomic E-state index is 11.3. The van der Waals surface area contributed by atoms with Crippen molar-refractivity contribution in [2.24, 2.45) is 0 Å². The van der Waals surface area contributed by atoms with Crippen molar-refractivity contribution in [3.63, 3.8) is 0 Å². The van der Waals surface area contributed by atoms with Crippen LogP contribution in [0, 0.1) is 0 Å². The van der Waals surface area contributed by atoms with E-state index in [1.807, 2.05) is 25.1 Å². The summed E-state index contributed by atoms with van der Waals surface area (Å²) in [5.41, 5.74) is 2.22. The van der Waals surface area contributed by atoms with Gasteiger partial charge in [0.25, 0.3) is 0 Å². The van der Waals surface area contributed by atoms with Crippen molar-refractivity contribution in [2.75, 3.05) is 26.1 Å². The van der Waals surface area contributed by atoms with Crippen LogP contribution in [-0.4, -0.2) is 33.5 Å². The zero-order valence-electron chi connectivity index (χ0n) is 9.69. The SMILES string of the molecule is COC(=O)c1ccc(N(C)C)c(CC=O)c1. The predicted octanol–water partition coefficient (Wildman–Crippen LogP) is 1.28. The molecule has 0 N–H and O–H groups in total. The predicted molar refractivity (Wildman–Crippen MR) is 61.9 cm³/mol. The zero-order valence-corrected chi connectivity index (χ0v) is 9.69. The van der Waals surface area contributed by atoms with Crippen molar-refractivity contribution in [1.29, 1.82) is 0 Å². The number of benzene rings is 1. The Morgan fingerprint density at radius 1 is 1.44 bits per heavy atom. The molecule has 0 aliphatic rings. The number of nitrogens with zero attached hydrogens (tertiary/aromatic N) is 1. The fraction of sp³-hybridized carbons (Fsp3) is 0.333. The van der Waals surface area contributed by atoms with E-state index in [0.29, 0.717) is 12.0 Å². The van der Waals surface area contributed by atoms with Gasteiger partial charge in [-0.3, -0.25) is 0 Å². The number of hydrogen-bond acceptors (Lipinski definition) is 4.